The summed E-state index contributed by atoms with van der Waals surface area (Å²) in [6, 6.07) is 0.917. The summed E-state index contributed by atoms with van der Waals surface area (Å²) in [5, 5.41) is 8.06. The van der Waals surface area contributed by atoms with E-state index in [4.69, 9.17) is 0 Å². The van der Waals surface area contributed by atoms with Gasteiger partial charge in [-0.05, 0) is 36.9 Å². The van der Waals surface area contributed by atoms with Crippen LogP contribution in [0.15, 0.2) is 10.7 Å². The lowest BCUT2D eigenvalue weighted by Gasteiger charge is -2.25. The normalized spacial score (nSPS) is 15.2. The lowest BCUT2D eigenvalue weighted by atomic mass is 9.99. The third kappa shape index (κ3) is 4.89. The number of rotatable bonds is 7. The van der Waals surface area contributed by atoms with Crippen molar-refractivity contribution in [2.45, 2.75) is 52.2 Å². The summed E-state index contributed by atoms with van der Waals surface area (Å²) in [6.45, 7) is 10.8. The predicted octanol–water partition coefficient (Wildman–Crippen LogP) is 2.70. The monoisotopic (exact) mass is 330 g/mol. The summed E-state index contributed by atoms with van der Waals surface area (Å²) >= 11 is 3.63. The molecule has 0 bridgehead atoms. The van der Waals surface area contributed by atoms with Gasteiger partial charge in [-0.1, -0.05) is 20.8 Å². The number of hydrogen-bond acceptors (Lipinski definition) is 3. The van der Waals surface area contributed by atoms with E-state index in [-0.39, 0.29) is 0 Å². The molecular weight excluding hydrogens is 304 g/mol. The summed E-state index contributed by atoms with van der Waals surface area (Å²) < 4.78 is 3.23. The van der Waals surface area contributed by atoms with E-state index in [0.29, 0.717) is 18.0 Å². The van der Waals surface area contributed by atoms with Gasteiger partial charge >= 0.3 is 0 Å². The summed E-state index contributed by atoms with van der Waals surface area (Å²) in [5.41, 5.74) is 1.28. The maximum Gasteiger partial charge on any atom is 0.0635 e. The molecule has 5 heteroatoms. The molecule has 0 amide bonds. The molecule has 1 N–H and O–H groups in total. The minimum absolute atomic E-state index is 0.418. The van der Waals surface area contributed by atoms with Gasteiger partial charge in [-0.25, -0.2) is 0 Å². The lowest BCUT2D eigenvalue weighted by molar-refractivity contribution is 0.358. The average Bonchev–Trinajstić information content (AvgIpc) is 2.66. The highest BCUT2D eigenvalue weighted by Gasteiger charge is 2.21. The van der Waals surface area contributed by atoms with Gasteiger partial charge in [0.2, 0.25) is 0 Å². The lowest BCUT2D eigenvalue weighted by Crippen LogP contribution is -2.37. The molecular formula is C14H27BrN4. The molecule has 2 atom stereocenters. The first kappa shape index (κ1) is 16.7. The van der Waals surface area contributed by atoms with E-state index in [0.717, 1.165) is 17.6 Å². The Bertz CT molecular complexity index is 387. The number of aromatic nitrogens is 2. The van der Waals surface area contributed by atoms with Gasteiger partial charge in [0.15, 0.2) is 0 Å². The van der Waals surface area contributed by atoms with E-state index in [9.17, 15) is 0 Å². The Hall–Kier alpha value is -0.390. The van der Waals surface area contributed by atoms with Crippen LogP contribution in [0.1, 0.15) is 39.3 Å². The van der Waals surface area contributed by atoms with Gasteiger partial charge in [0, 0.05) is 24.5 Å². The fourth-order valence-electron chi connectivity index (χ4n) is 2.20. The second kappa shape index (κ2) is 7.41. The average molecular weight is 331 g/mol. The van der Waals surface area contributed by atoms with Crippen LogP contribution >= 0.6 is 15.9 Å². The first-order valence-corrected chi connectivity index (χ1v) is 7.74. The SMILES string of the molecule is CC(C)NC(C)C(C)c1c(Br)cnn1CCN(C)C. The highest BCUT2D eigenvalue weighted by molar-refractivity contribution is 9.10. The molecule has 4 nitrogen and oxygen atoms in total. The molecule has 2 unspecified atom stereocenters. The van der Waals surface area contributed by atoms with Gasteiger partial charge in [-0.3, -0.25) is 4.68 Å². The Labute approximate surface area is 125 Å². The molecule has 0 aliphatic rings. The van der Waals surface area contributed by atoms with E-state index in [1.165, 1.54) is 5.69 Å². The van der Waals surface area contributed by atoms with Crippen LogP contribution in [0.5, 0.6) is 0 Å². The maximum absolute atomic E-state index is 4.49. The quantitative estimate of drug-likeness (QED) is 0.834. The van der Waals surface area contributed by atoms with Crippen molar-refractivity contribution >= 4 is 15.9 Å². The Morgan fingerprint density at radius 2 is 1.95 bits per heavy atom. The first-order chi connectivity index (χ1) is 8.82. The molecule has 110 valence electrons. The van der Waals surface area contributed by atoms with Crippen molar-refractivity contribution in [2.75, 3.05) is 20.6 Å². The number of hydrogen-bond donors (Lipinski definition) is 1. The van der Waals surface area contributed by atoms with Crippen molar-refractivity contribution in [3.8, 4) is 0 Å². The first-order valence-electron chi connectivity index (χ1n) is 6.95. The van der Waals surface area contributed by atoms with Gasteiger partial charge in [0.25, 0.3) is 0 Å². The standard InChI is InChI=1S/C14H27BrN4/c1-10(2)17-12(4)11(3)14-13(15)9-16-19(14)8-7-18(5)6/h9-12,17H,7-8H2,1-6H3. The Morgan fingerprint density at radius 1 is 1.32 bits per heavy atom. The van der Waals surface area contributed by atoms with Crippen molar-refractivity contribution in [1.82, 2.24) is 20.0 Å². The van der Waals surface area contributed by atoms with Gasteiger partial charge < -0.3 is 10.2 Å². The Kier molecular flexibility index (Phi) is 6.50. The Morgan fingerprint density at radius 3 is 2.47 bits per heavy atom. The van der Waals surface area contributed by atoms with E-state index in [2.05, 4.69) is 77.7 Å². The fourth-order valence-corrected chi connectivity index (χ4v) is 2.86. The smallest absolute Gasteiger partial charge is 0.0635 e. The van der Waals surface area contributed by atoms with Crippen LogP contribution in [-0.4, -0.2) is 47.4 Å². The topological polar surface area (TPSA) is 33.1 Å². The van der Waals surface area contributed by atoms with Crippen LogP contribution in [0.25, 0.3) is 0 Å². The number of halogens is 1. The van der Waals surface area contributed by atoms with Crippen molar-refractivity contribution in [1.29, 1.82) is 0 Å². The van der Waals surface area contributed by atoms with Gasteiger partial charge in [0.05, 0.1) is 22.9 Å². The maximum atomic E-state index is 4.49. The van der Waals surface area contributed by atoms with Gasteiger partial charge in [-0.15, -0.1) is 0 Å². The van der Waals surface area contributed by atoms with Crippen LogP contribution in [0.4, 0.5) is 0 Å². The molecule has 0 radical (unpaired) electrons. The van der Waals surface area contributed by atoms with Crippen molar-refractivity contribution < 1.29 is 0 Å². The van der Waals surface area contributed by atoms with Crippen LogP contribution in [0.3, 0.4) is 0 Å². The second-order valence-electron chi connectivity index (χ2n) is 5.80. The molecule has 0 spiro atoms. The van der Waals surface area contributed by atoms with Gasteiger partial charge in [0.1, 0.15) is 0 Å². The van der Waals surface area contributed by atoms with Crippen LogP contribution < -0.4 is 5.32 Å². The van der Waals surface area contributed by atoms with Gasteiger partial charge in [-0.2, -0.15) is 5.10 Å². The third-order valence-corrected chi connectivity index (χ3v) is 3.98. The molecule has 1 aromatic heterocycles. The number of likely N-dealkylation sites (N-methyl/N-ethyl adjacent to an activating group) is 1. The van der Waals surface area contributed by atoms with Crippen molar-refractivity contribution in [2.24, 2.45) is 0 Å². The zero-order chi connectivity index (χ0) is 14.6. The number of nitrogens with zero attached hydrogens (tertiary/aromatic N) is 3. The largest absolute Gasteiger partial charge is 0.311 e. The number of nitrogens with one attached hydrogen (secondary N) is 1. The summed E-state index contributed by atoms with van der Waals surface area (Å²) in [7, 11) is 4.18. The second-order valence-corrected chi connectivity index (χ2v) is 6.66. The molecule has 0 aliphatic heterocycles. The molecule has 0 aliphatic carbocycles. The molecule has 19 heavy (non-hydrogen) atoms. The summed E-state index contributed by atoms with van der Waals surface area (Å²) in [5.74, 6) is 0.418. The molecule has 1 rings (SSSR count). The zero-order valence-electron chi connectivity index (χ0n) is 12.9. The van der Waals surface area contributed by atoms with Crippen LogP contribution in [0, 0.1) is 0 Å². The minimum Gasteiger partial charge on any atom is -0.311 e. The molecule has 0 aromatic carbocycles. The molecule has 0 saturated carbocycles. The van der Waals surface area contributed by atoms with E-state index >= 15 is 0 Å². The highest BCUT2D eigenvalue weighted by Crippen LogP contribution is 2.27. The molecule has 1 heterocycles. The molecule has 1 aromatic rings. The van der Waals surface area contributed by atoms with Crippen LogP contribution in [0.2, 0.25) is 0 Å². The van der Waals surface area contributed by atoms with Crippen molar-refractivity contribution in [3.63, 3.8) is 0 Å². The predicted molar refractivity (Wildman–Crippen MR) is 84.6 cm³/mol. The summed E-state index contributed by atoms with van der Waals surface area (Å²) in [4.78, 5) is 2.18. The third-order valence-electron chi connectivity index (χ3n) is 3.37. The fraction of sp³-hybridized carbons (Fsp3) is 0.786. The molecule has 0 fully saturated rings. The minimum atomic E-state index is 0.418. The Balaban J connectivity index is 2.82. The molecule has 0 saturated heterocycles. The summed E-state index contributed by atoms with van der Waals surface area (Å²) in [6.07, 6.45) is 1.91. The van der Waals surface area contributed by atoms with E-state index < -0.39 is 0 Å². The van der Waals surface area contributed by atoms with E-state index in [1.54, 1.807) is 0 Å². The highest BCUT2D eigenvalue weighted by atomic mass is 79.9. The van der Waals surface area contributed by atoms with Crippen molar-refractivity contribution in [3.05, 3.63) is 16.4 Å². The van der Waals surface area contributed by atoms with E-state index in [1.807, 2.05) is 6.20 Å². The zero-order valence-corrected chi connectivity index (χ0v) is 14.5. The van der Waals surface area contributed by atoms with Crippen LogP contribution in [-0.2, 0) is 6.54 Å².